The molecule has 0 aromatic carbocycles. The second-order valence-electron chi connectivity index (χ2n) is 25.2. The van der Waals surface area contributed by atoms with Crippen LogP contribution >= 0.6 is 0 Å². The summed E-state index contributed by atoms with van der Waals surface area (Å²) in [6.07, 6.45) is 0.116. The third kappa shape index (κ3) is 12.9. The SMILES string of the molecule is C/C1=C2/[N-]C([C@H](CC(N)=O)[C@@]2(C)CCC(=O)NCC(C)O)[C@]2(C)N=C(/C(C)=C3N=C(/C=C4N=C1[C@@H](CCC(N)=O)C\4(C)C)[C@@H](CCC(N)=O)[C@]\3(C)CC(N)=O)[C@@H](CCC(N)=O)[C@]2(C)CC(N)=O.[CH2-][C@H]1O[C@@H](n2cnc3c(N)ncnc32)[C@H](O)[C@@H]1O.[Co+3]. The number of carbonyl (C=O) groups excluding carboxylic acids is 7. The largest absolute Gasteiger partial charge is 3.00 e. The molecule has 6 aliphatic heterocycles. The van der Waals surface area contributed by atoms with E-state index in [-0.39, 0.29) is 99.3 Å². The zero-order valence-corrected chi connectivity index (χ0v) is 51.3. The second kappa shape index (κ2) is 25.8. The first-order valence-electron chi connectivity index (χ1n) is 28.6. The van der Waals surface area contributed by atoms with E-state index in [2.05, 4.69) is 27.2 Å². The number of aliphatic hydroxyl groups is 3. The van der Waals surface area contributed by atoms with Crippen LogP contribution in [0.15, 0.2) is 61.9 Å². The predicted molar refractivity (Wildman–Crippen MR) is 315 cm³/mol. The maximum Gasteiger partial charge on any atom is 3.00 e. The number of fused-ring (bicyclic) bond motifs is 7. The fourth-order valence-electron chi connectivity index (χ4n) is 14.2. The average Bonchev–Trinajstić information content (AvgIpc) is 1.54. The molecule has 470 valence electrons. The van der Waals surface area contributed by atoms with Crippen LogP contribution in [0.3, 0.4) is 0 Å². The third-order valence-electron chi connectivity index (χ3n) is 19.0. The molecular formula is C58H84CoN16O11+. The molecule has 14 atom stereocenters. The van der Waals surface area contributed by atoms with Crippen molar-refractivity contribution in [1.82, 2.24) is 24.8 Å². The fourth-order valence-corrected chi connectivity index (χ4v) is 14.2. The number of primary amides is 6. The summed E-state index contributed by atoms with van der Waals surface area (Å²) in [5.41, 5.74) is 40.9. The Labute approximate surface area is 510 Å². The van der Waals surface area contributed by atoms with Crippen molar-refractivity contribution < 1.29 is 70.4 Å². The summed E-state index contributed by atoms with van der Waals surface area (Å²) in [7, 11) is 0. The Bertz CT molecular complexity index is 3240. The first-order chi connectivity index (χ1) is 39.5. The van der Waals surface area contributed by atoms with Crippen molar-refractivity contribution in [3.05, 3.63) is 59.2 Å². The topological polar surface area (TPSA) is 478 Å². The summed E-state index contributed by atoms with van der Waals surface area (Å²) in [5.74, 6) is -6.17. The number of aliphatic imine (C=N–C) groups is 3. The van der Waals surface area contributed by atoms with Gasteiger partial charge in [0.1, 0.15) is 17.9 Å². The maximum absolute atomic E-state index is 13.5. The number of aliphatic hydroxyl groups excluding tert-OH is 3. The summed E-state index contributed by atoms with van der Waals surface area (Å²) >= 11 is 0. The Morgan fingerprint density at radius 2 is 1.35 bits per heavy atom. The van der Waals surface area contributed by atoms with Crippen LogP contribution in [0, 0.1) is 52.3 Å². The van der Waals surface area contributed by atoms with Gasteiger partial charge >= 0.3 is 16.8 Å². The Balaban J connectivity index is 0.000000524. The van der Waals surface area contributed by atoms with Crippen molar-refractivity contribution in [1.29, 1.82) is 0 Å². The van der Waals surface area contributed by atoms with Gasteiger partial charge in [-0.15, -0.1) is 0 Å². The van der Waals surface area contributed by atoms with E-state index in [1.807, 2.05) is 61.5 Å². The summed E-state index contributed by atoms with van der Waals surface area (Å²) in [4.78, 5) is 119. The molecule has 86 heavy (non-hydrogen) atoms. The van der Waals surface area contributed by atoms with Crippen molar-refractivity contribution in [2.75, 3.05) is 12.3 Å². The number of nitrogen functional groups attached to an aromatic ring is 1. The van der Waals surface area contributed by atoms with Crippen molar-refractivity contribution in [2.45, 2.75) is 175 Å². The van der Waals surface area contributed by atoms with E-state index in [4.69, 9.17) is 65.2 Å². The summed E-state index contributed by atoms with van der Waals surface area (Å²) in [5, 5.41) is 37.9. The Morgan fingerprint density at radius 3 is 1.90 bits per heavy atom. The van der Waals surface area contributed by atoms with E-state index >= 15 is 0 Å². The molecule has 2 fully saturated rings. The van der Waals surface area contributed by atoms with Crippen molar-refractivity contribution >= 4 is 75.5 Å². The number of anilines is 1. The van der Waals surface area contributed by atoms with E-state index in [0.717, 1.165) is 0 Å². The van der Waals surface area contributed by atoms with Gasteiger partial charge in [-0.1, -0.05) is 40.7 Å². The molecule has 6 aliphatic rings. The van der Waals surface area contributed by atoms with E-state index in [0.29, 0.717) is 63.0 Å². The van der Waals surface area contributed by atoms with Crippen LogP contribution in [0.4, 0.5) is 5.82 Å². The molecule has 2 aromatic rings. The minimum atomic E-state index is -1.40. The molecule has 8 heterocycles. The molecule has 0 aliphatic carbocycles. The van der Waals surface area contributed by atoms with Gasteiger partial charge in [-0.3, -0.25) is 53.1 Å². The second-order valence-corrected chi connectivity index (χ2v) is 25.2. The molecule has 2 saturated heterocycles. The van der Waals surface area contributed by atoms with Crippen molar-refractivity contribution in [3.63, 3.8) is 0 Å². The summed E-state index contributed by atoms with van der Waals surface area (Å²) < 4.78 is 6.90. The normalized spacial score (nSPS) is 34.1. The molecule has 27 nitrogen and oxygen atoms in total. The molecule has 2 aromatic heterocycles. The molecule has 0 radical (unpaired) electrons. The number of amides is 7. The number of nitrogens with zero attached hydrogens (tertiary/aromatic N) is 8. The number of carbonyl (C=O) groups is 7. The first kappa shape index (κ1) is 68.1. The smallest absolute Gasteiger partial charge is 0.682 e. The monoisotopic (exact) mass is 1240 g/mol. The molecule has 8 bridgehead atoms. The minimum Gasteiger partial charge on any atom is -0.682 e. The summed E-state index contributed by atoms with van der Waals surface area (Å²) in [6.45, 7) is 20.4. The standard InChI is InChI=1S/C48H73N11O8.C10H12N5O3.Co/c1-23(60)22-55-38(67)16-17-45(6)29(18-35(52)64)43-48(9)47(8,21-37(54)66)28(12-15-34(51)63)40(59-48)25(3)42-46(7,20-36(53)65)26(10-13-32(49)61)30(56-42)19-31-44(4,5)27(11-14-33(50)62)39(57-31)24(2)41(45)58-43;1-4-6(16)7(17)10(18-4)15-3-14-5-8(11)12-2-13-9(5)15;/h19,23,26-29,43,60H,10-18,20-22H2,1-9H3,(H14,49,50,51,52,53,54,55,56,57,58,59,61,62,63,64,65,66,67);2-4,6-7,10,16-17H,1H2,(H2,11,12,13);/q;-1;+3/p-1/t23?,26-,27-,28-,29+,43?,45-,46+,47+,48+;4-,6-,7-,10-;/m11./s1. The van der Waals surface area contributed by atoms with Crippen LogP contribution < -0.4 is 45.5 Å². The van der Waals surface area contributed by atoms with Crippen molar-refractivity contribution in [3.8, 4) is 0 Å². The van der Waals surface area contributed by atoms with E-state index < -0.39 is 123 Å². The van der Waals surface area contributed by atoms with Gasteiger partial charge in [0.05, 0.1) is 29.8 Å². The molecule has 0 spiro atoms. The van der Waals surface area contributed by atoms with Gasteiger partial charge in [0.25, 0.3) is 0 Å². The van der Waals surface area contributed by atoms with Crippen molar-refractivity contribution in [2.24, 2.45) is 94.7 Å². The number of aromatic nitrogens is 4. The Hall–Kier alpha value is -6.98. The number of hydrogen-bond donors (Lipinski definition) is 11. The number of rotatable bonds is 21. The maximum atomic E-state index is 13.5. The Kier molecular flexibility index (Phi) is 20.4. The predicted octanol–water partition coefficient (Wildman–Crippen LogP) is 1.38. The number of hydrogen-bond acceptors (Lipinski definition) is 18. The number of nitrogens with two attached hydrogens (primary N) is 7. The molecule has 8 rings (SSSR count). The van der Waals surface area contributed by atoms with Crippen LogP contribution in [-0.4, -0.2) is 136 Å². The zero-order chi connectivity index (χ0) is 63.2. The number of allylic oxidation sites excluding steroid dienone is 6. The number of ether oxygens (including phenoxy) is 1. The molecule has 7 amide bonds. The van der Waals surface area contributed by atoms with Gasteiger partial charge in [-0.2, -0.15) is 5.70 Å². The number of imidazole rings is 1. The van der Waals surface area contributed by atoms with E-state index in [1.165, 1.54) is 17.2 Å². The van der Waals surface area contributed by atoms with Crippen LogP contribution in [0.1, 0.15) is 139 Å². The van der Waals surface area contributed by atoms with Crippen LogP contribution in [0.5, 0.6) is 0 Å². The zero-order valence-electron chi connectivity index (χ0n) is 50.3. The first-order valence-corrected chi connectivity index (χ1v) is 28.6. The molecule has 2 unspecified atom stereocenters. The molecule has 18 N–H and O–H groups in total. The van der Waals surface area contributed by atoms with Crippen LogP contribution in [0.25, 0.3) is 16.5 Å². The van der Waals surface area contributed by atoms with E-state index in [1.54, 1.807) is 6.92 Å². The van der Waals surface area contributed by atoms with E-state index in [9.17, 15) is 48.9 Å². The van der Waals surface area contributed by atoms with Gasteiger partial charge in [-0.05, 0) is 88.0 Å². The van der Waals surface area contributed by atoms with Crippen LogP contribution in [0.2, 0.25) is 0 Å². The third-order valence-corrected chi connectivity index (χ3v) is 19.0. The summed E-state index contributed by atoms with van der Waals surface area (Å²) in [6, 6.07) is -0.923. The Morgan fingerprint density at radius 1 is 0.756 bits per heavy atom. The minimum absolute atomic E-state index is 0. The number of nitrogens with one attached hydrogen (secondary N) is 1. The van der Waals surface area contributed by atoms with Gasteiger partial charge in [-0.25, -0.2) is 15.0 Å². The molecule has 0 saturated carbocycles. The van der Waals surface area contributed by atoms with Gasteiger partial charge in [0.15, 0.2) is 17.7 Å². The molecule has 28 heteroatoms. The quantitative estimate of drug-likeness (QED) is 0.0787. The fraction of sp³-hybridized carbons (Fsp3) is 0.621. The van der Waals surface area contributed by atoms with Crippen LogP contribution in [-0.2, 0) is 55.1 Å². The van der Waals surface area contributed by atoms with Gasteiger partial charge in [0.2, 0.25) is 41.4 Å². The molecular weight excluding hydrogens is 1160 g/mol. The van der Waals surface area contributed by atoms with Gasteiger partial charge in [0, 0.05) is 108 Å². The average molecular weight is 1240 g/mol. The van der Waals surface area contributed by atoms with Gasteiger partial charge < -0.3 is 77.7 Å².